The molecule has 28 heavy (non-hydrogen) atoms. The minimum Gasteiger partial charge on any atom is -0.419 e. The van der Waals surface area contributed by atoms with Crippen molar-refractivity contribution in [1.29, 1.82) is 0 Å². The summed E-state index contributed by atoms with van der Waals surface area (Å²) in [6.07, 6.45) is 3.63. The van der Waals surface area contributed by atoms with E-state index in [1.807, 2.05) is 43.5 Å². The normalized spacial score (nSPS) is 11.6. The van der Waals surface area contributed by atoms with Gasteiger partial charge < -0.3 is 9.40 Å². The van der Waals surface area contributed by atoms with E-state index in [1.165, 1.54) is 0 Å². The predicted octanol–water partition coefficient (Wildman–Crippen LogP) is 3.52. The first-order valence-corrected chi connectivity index (χ1v) is 10.1. The van der Waals surface area contributed by atoms with E-state index in [1.54, 1.807) is 30.5 Å². The van der Waals surface area contributed by atoms with Crippen molar-refractivity contribution < 1.29 is 12.8 Å². The molecule has 0 saturated heterocycles. The number of rotatable bonds is 6. The average molecular weight is 394 g/mol. The molecule has 0 fully saturated rings. The maximum Gasteiger partial charge on any atom is 0.249 e. The van der Waals surface area contributed by atoms with Crippen LogP contribution in [0.1, 0.15) is 11.5 Å². The van der Waals surface area contributed by atoms with Gasteiger partial charge in [0.25, 0.3) is 0 Å². The quantitative estimate of drug-likeness (QED) is 0.521. The van der Waals surface area contributed by atoms with E-state index in [-0.39, 0.29) is 17.3 Å². The number of nitrogens with zero attached hydrogens (tertiary/aromatic N) is 2. The molecule has 2 N–H and O–H groups in total. The highest BCUT2D eigenvalue weighted by molar-refractivity contribution is 7.89. The van der Waals surface area contributed by atoms with Crippen molar-refractivity contribution >= 4 is 10.0 Å². The Labute approximate surface area is 162 Å². The zero-order valence-electron chi connectivity index (χ0n) is 15.1. The van der Waals surface area contributed by atoms with Crippen molar-refractivity contribution in [3.8, 4) is 22.6 Å². The second-order valence-electron chi connectivity index (χ2n) is 6.29. The van der Waals surface area contributed by atoms with Crippen LogP contribution in [0, 0.1) is 6.92 Å². The topological polar surface area (TPSA) is 101 Å². The first-order chi connectivity index (χ1) is 13.5. The minimum atomic E-state index is -3.65. The van der Waals surface area contributed by atoms with E-state index in [9.17, 15) is 8.42 Å². The van der Waals surface area contributed by atoms with Crippen LogP contribution in [0.2, 0.25) is 0 Å². The third-order valence-electron chi connectivity index (χ3n) is 4.27. The Kier molecular flexibility index (Phi) is 4.81. The summed E-state index contributed by atoms with van der Waals surface area (Å²) in [5, 5.41) is 8.02. The molecular weight excluding hydrogens is 376 g/mol. The van der Waals surface area contributed by atoms with E-state index >= 15 is 0 Å². The van der Waals surface area contributed by atoms with Gasteiger partial charge in [0.2, 0.25) is 21.8 Å². The zero-order chi connectivity index (χ0) is 19.6. The lowest BCUT2D eigenvalue weighted by molar-refractivity contribution is 0.494. The van der Waals surface area contributed by atoms with Gasteiger partial charge in [-0.3, -0.25) is 0 Å². The molecule has 0 unspecified atom stereocenters. The van der Waals surface area contributed by atoms with Crippen molar-refractivity contribution in [2.75, 3.05) is 0 Å². The molecule has 0 amide bonds. The lowest BCUT2D eigenvalue weighted by Gasteiger charge is -2.04. The number of nitrogens with one attached hydrogen (secondary N) is 2. The number of H-pyrrole nitrogens is 1. The van der Waals surface area contributed by atoms with Crippen molar-refractivity contribution in [2.24, 2.45) is 0 Å². The highest BCUT2D eigenvalue weighted by atomic mass is 32.2. The van der Waals surface area contributed by atoms with E-state index < -0.39 is 10.0 Å². The first kappa shape index (κ1) is 18.1. The Bertz CT molecular complexity index is 1180. The van der Waals surface area contributed by atoms with Gasteiger partial charge in [-0.25, -0.2) is 13.1 Å². The Morgan fingerprint density at radius 3 is 2.43 bits per heavy atom. The Hall–Kier alpha value is -3.23. The Balaban J connectivity index is 1.52. The summed E-state index contributed by atoms with van der Waals surface area (Å²) in [6.45, 7) is 1.81. The number of hydrogen-bond donors (Lipinski definition) is 2. The summed E-state index contributed by atoms with van der Waals surface area (Å²) in [7, 11) is -3.65. The van der Waals surface area contributed by atoms with Gasteiger partial charge in [-0.1, -0.05) is 48.0 Å². The van der Waals surface area contributed by atoms with Gasteiger partial charge in [0.1, 0.15) is 0 Å². The molecule has 0 bridgehead atoms. The van der Waals surface area contributed by atoms with Crippen LogP contribution in [-0.2, 0) is 16.6 Å². The molecule has 2 aromatic heterocycles. The highest BCUT2D eigenvalue weighted by Gasteiger charge is 2.18. The molecule has 2 aromatic carbocycles. The maximum absolute atomic E-state index is 12.4. The molecule has 0 aliphatic rings. The van der Waals surface area contributed by atoms with E-state index in [4.69, 9.17) is 4.42 Å². The van der Waals surface area contributed by atoms with Gasteiger partial charge in [0.05, 0.1) is 17.0 Å². The summed E-state index contributed by atoms with van der Waals surface area (Å²) >= 11 is 0. The van der Waals surface area contributed by atoms with Crippen molar-refractivity contribution in [2.45, 2.75) is 18.4 Å². The van der Waals surface area contributed by atoms with Crippen molar-refractivity contribution in [1.82, 2.24) is 19.9 Å². The smallest absolute Gasteiger partial charge is 0.249 e. The van der Waals surface area contributed by atoms with Gasteiger partial charge in [0, 0.05) is 18.0 Å². The van der Waals surface area contributed by atoms with Gasteiger partial charge >= 0.3 is 0 Å². The second kappa shape index (κ2) is 7.41. The van der Waals surface area contributed by atoms with Crippen LogP contribution in [0.15, 0.2) is 76.3 Å². The SMILES string of the molecule is Cc1ccc(S(=O)(=O)NCc2nnc(-c3c[nH]cc3-c3ccccc3)o2)cc1. The standard InChI is InChI=1S/C20H18N4O3S/c1-14-7-9-16(10-8-14)28(25,26)22-13-19-23-24-20(27-19)18-12-21-11-17(18)15-5-3-2-4-6-15/h2-12,21-22H,13H2,1H3. The fraction of sp³-hybridized carbons (Fsp3) is 0.100. The van der Waals surface area contributed by atoms with Crippen LogP contribution in [-0.4, -0.2) is 23.6 Å². The first-order valence-electron chi connectivity index (χ1n) is 8.64. The summed E-state index contributed by atoms with van der Waals surface area (Å²) in [5.41, 5.74) is 3.68. The molecular formula is C20H18N4O3S. The maximum atomic E-state index is 12.4. The highest BCUT2D eigenvalue weighted by Crippen LogP contribution is 2.31. The van der Waals surface area contributed by atoms with E-state index in [0.29, 0.717) is 5.89 Å². The Morgan fingerprint density at radius 2 is 1.68 bits per heavy atom. The fourth-order valence-electron chi connectivity index (χ4n) is 2.79. The average Bonchev–Trinajstić information content (AvgIpc) is 3.37. The lowest BCUT2D eigenvalue weighted by Crippen LogP contribution is -2.23. The summed E-state index contributed by atoms with van der Waals surface area (Å²) < 4.78 is 32.9. The predicted molar refractivity (Wildman–Crippen MR) is 105 cm³/mol. The molecule has 0 radical (unpaired) electrons. The van der Waals surface area contributed by atoms with Crippen LogP contribution >= 0.6 is 0 Å². The minimum absolute atomic E-state index is 0.0890. The summed E-state index contributed by atoms with van der Waals surface area (Å²) in [6, 6.07) is 16.4. The molecule has 2 heterocycles. The zero-order valence-corrected chi connectivity index (χ0v) is 15.9. The van der Waals surface area contributed by atoms with Crippen molar-refractivity contribution in [3.63, 3.8) is 0 Å². The lowest BCUT2D eigenvalue weighted by atomic mass is 10.1. The number of sulfonamides is 1. The fourth-order valence-corrected chi connectivity index (χ4v) is 3.76. The second-order valence-corrected chi connectivity index (χ2v) is 8.05. The third-order valence-corrected chi connectivity index (χ3v) is 5.69. The van der Waals surface area contributed by atoms with Crippen molar-refractivity contribution in [3.05, 3.63) is 78.4 Å². The van der Waals surface area contributed by atoms with E-state index in [0.717, 1.165) is 22.3 Å². The van der Waals surface area contributed by atoms with Gasteiger partial charge in [-0.15, -0.1) is 10.2 Å². The van der Waals surface area contributed by atoms with Crippen LogP contribution in [0.25, 0.3) is 22.6 Å². The monoisotopic (exact) mass is 394 g/mol. The number of hydrogen-bond acceptors (Lipinski definition) is 5. The molecule has 0 atom stereocenters. The molecule has 142 valence electrons. The van der Waals surface area contributed by atoms with Gasteiger partial charge in [-0.2, -0.15) is 0 Å². The largest absolute Gasteiger partial charge is 0.419 e. The number of aromatic amines is 1. The molecule has 0 spiro atoms. The molecule has 8 heteroatoms. The van der Waals surface area contributed by atoms with Gasteiger partial charge in [-0.05, 0) is 24.6 Å². The Morgan fingerprint density at radius 1 is 0.964 bits per heavy atom. The molecule has 0 aliphatic heterocycles. The molecule has 4 rings (SSSR count). The number of aryl methyl sites for hydroxylation is 1. The summed E-state index contributed by atoms with van der Waals surface area (Å²) in [5.74, 6) is 0.510. The van der Waals surface area contributed by atoms with Gasteiger partial charge in [0.15, 0.2) is 0 Å². The summed E-state index contributed by atoms with van der Waals surface area (Å²) in [4.78, 5) is 3.24. The molecule has 7 nitrogen and oxygen atoms in total. The molecule has 0 saturated carbocycles. The number of benzene rings is 2. The number of aromatic nitrogens is 3. The molecule has 0 aliphatic carbocycles. The third kappa shape index (κ3) is 3.73. The van der Waals surface area contributed by atoms with E-state index in [2.05, 4.69) is 19.9 Å². The molecule has 4 aromatic rings. The van der Waals surface area contributed by atoms with Crippen LogP contribution in [0.4, 0.5) is 0 Å². The van der Waals surface area contributed by atoms with Crippen LogP contribution in [0.3, 0.4) is 0 Å². The van der Waals surface area contributed by atoms with Crippen LogP contribution < -0.4 is 4.72 Å². The van der Waals surface area contributed by atoms with Crippen LogP contribution in [0.5, 0.6) is 0 Å².